The van der Waals surface area contributed by atoms with Gasteiger partial charge in [0.2, 0.25) is 0 Å². The Kier molecular flexibility index (Phi) is 1.79. The van der Waals surface area contributed by atoms with Gasteiger partial charge in [-0.15, -0.1) is 0 Å². The van der Waals surface area contributed by atoms with Crippen molar-refractivity contribution in [3.63, 3.8) is 0 Å². The topological polar surface area (TPSA) is 30.9 Å². The van der Waals surface area contributed by atoms with Crippen LogP contribution in [0.1, 0.15) is 25.3 Å². The molecule has 0 amide bonds. The van der Waals surface area contributed by atoms with Crippen molar-refractivity contribution in [3.05, 3.63) is 36.0 Å². The zero-order chi connectivity index (χ0) is 11.5. The Hall–Kier alpha value is -1.28. The smallest absolute Gasteiger partial charge is 0.0477 e. The lowest BCUT2D eigenvalue weighted by Gasteiger charge is -2.04. The minimum Gasteiger partial charge on any atom is -0.351 e. The predicted molar refractivity (Wildman–Crippen MR) is 67.4 cm³/mol. The molecule has 16 heavy (non-hydrogen) atoms. The van der Waals surface area contributed by atoms with Gasteiger partial charge in [-0.3, -0.25) is 0 Å². The molecule has 2 unspecified atom stereocenters. The molecule has 0 saturated heterocycles. The van der Waals surface area contributed by atoms with Crippen molar-refractivity contribution in [2.24, 2.45) is 18.2 Å². The summed E-state index contributed by atoms with van der Waals surface area (Å²) < 4.78 is 2.15. The summed E-state index contributed by atoms with van der Waals surface area (Å²) in [4.78, 5) is 0. The highest BCUT2D eigenvalue weighted by molar-refractivity contribution is 5.81. The number of nitrogens with two attached hydrogens (primary N) is 1. The molecule has 1 heterocycles. The number of nitrogens with zero attached hydrogens (tertiary/aromatic N) is 1. The third kappa shape index (κ3) is 1.17. The van der Waals surface area contributed by atoms with Crippen LogP contribution in [0.5, 0.6) is 0 Å². The Bertz CT molecular complexity index is 551. The van der Waals surface area contributed by atoms with E-state index in [1.165, 1.54) is 16.5 Å². The van der Waals surface area contributed by atoms with Crippen LogP contribution in [0.2, 0.25) is 0 Å². The minimum atomic E-state index is 0.266. The monoisotopic (exact) mass is 214 g/mol. The van der Waals surface area contributed by atoms with Gasteiger partial charge in [0, 0.05) is 30.7 Å². The average molecular weight is 214 g/mol. The fourth-order valence-electron chi connectivity index (χ4n) is 2.81. The van der Waals surface area contributed by atoms with E-state index in [2.05, 4.69) is 55.9 Å². The first-order chi connectivity index (χ1) is 7.51. The normalized spacial score (nSPS) is 27.2. The quantitative estimate of drug-likeness (QED) is 0.777. The predicted octanol–water partition coefficient (Wildman–Crippen LogP) is 2.63. The molecular weight excluding hydrogens is 196 g/mol. The number of aryl methyl sites for hydroxylation is 1. The van der Waals surface area contributed by atoms with Gasteiger partial charge in [0.25, 0.3) is 0 Å². The highest BCUT2D eigenvalue weighted by Gasteiger charge is 2.56. The van der Waals surface area contributed by atoms with E-state index in [-0.39, 0.29) is 5.41 Å². The first-order valence-corrected chi connectivity index (χ1v) is 5.82. The molecule has 3 rings (SSSR count). The minimum absolute atomic E-state index is 0.266. The summed E-state index contributed by atoms with van der Waals surface area (Å²) in [5.41, 5.74) is 9.06. The van der Waals surface area contributed by atoms with E-state index >= 15 is 0 Å². The maximum absolute atomic E-state index is 6.12. The average Bonchev–Trinajstić information content (AvgIpc) is 2.57. The van der Waals surface area contributed by atoms with Crippen molar-refractivity contribution < 1.29 is 0 Å². The third-order valence-electron chi connectivity index (χ3n) is 4.18. The molecule has 2 N–H and O–H groups in total. The van der Waals surface area contributed by atoms with Crippen LogP contribution in [0.25, 0.3) is 10.9 Å². The Morgan fingerprint density at radius 3 is 2.56 bits per heavy atom. The van der Waals surface area contributed by atoms with Gasteiger partial charge in [-0.1, -0.05) is 19.9 Å². The number of benzene rings is 1. The standard InChI is InChI=1S/C14H18N2/c1-14(2)12(13(14)15)10-4-5-11-9(8-10)6-7-16(11)3/h4-8,12-13H,15H2,1-3H3. The fourth-order valence-corrected chi connectivity index (χ4v) is 2.81. The van der Waals surface area contributed by atoms with Crippen molar-refractivity contribution in [3.8, 4) is 0 Å². The van der Waals surface area contributed by atoms with Crippen molar-refractivity contribution in [2.75, 3.05) is 0 Å². The second-order valence-electron chi connectivity index (χ2n) is 5.57. The van der Waals surface area contributed by atoms with Crippen LogP contribution >= 0.6 is 0 Å². The van der Waals surface area contributed by atoms with E-state index in [0.29, 0.717) is 12.0 Å². The Labute approximate surface area is 96.1 Å². The highest BCUT2D eigenvalue weighted by Crippen LogP contribution is 2.57. The molecule has 0 bridgehead atoms. The van der Waals surface area contributed by atoms with Gasteiger partial charge in [0.05, 0.1) is 0 Å². The first-order valence-electron chi connectivity index (χ1n) is 5.82. The number of hydrogen-bond acceptors (Lipinski definition) is 1. The van der Waals surface area contributed by atoms with Gasteiger partial charge >= 0.3 is 0 Å². The third-order valence-corrected chi connectivity index (χ3v) is 4.18. The molecule has 1 aromatic carbocycles. The van der Waals surface area contributed by atoms with Crippen molar-refractivity contribution in [1.29, 1.82) is 0 Å². The Morgan fingerprint density at radius 2 is 1.94 bits per heavy atom. The summed E-state index contributed by atoms with van der Waals surface area (Å²) in [6, 6.07) is 9.19. The molecule has 1 fully saturated rings. The van der Waals surface area contributed by atoms with E-state index in [0.717, 1.165) is 0 Å². The molecule has 1 saturated carbocycles. The number of aromatic nitrogens is 1. The number of hydrogen-bond donors (Lipinski definition) is 1. The second-order valence-corrected chi connectivity index (χ2v) is 5.57. The molecule has 1 aliphatic carbocycles. The number of rotatable bonds is 1. The summed E-state index contributed by atoms with van der Waals surface area (Å²) >= 11 is 0. The van der Waals surface area contributed by atoms with E-state index in [4.69, 9.17) is 5.73 Å². The number of fused-ring (bicyclic) bond motifs is 1. The molecule has 2 atom stereocenters. The summed E-state index contributed by atoms with van der Waals surface area (Å²) in [5, 5.41) is 1.31. The van der Waals surface area contributed by atoms with Crippen molar-refractivity contribution in [2.45, 2.75) is 25.8 Å². The van der Waals surface area contributed by atoms with Crippen LogP contribution in [-0.4, -0.2) is 10.6 Å². The zero-order valence-electron chi connectivity index (χ0n) is 10.1. The molecule has 2 heteroatoms. The van der Waals surface area contributed by atoms with Gasteiger partial charge in [-0.25, -0.2) is 0 Å². The Balaban J connectivity index is 2.07. The van der Waals surface area contributed by atoms with Crippen LogP contribution in [0.4, 0.5) is 0 Å². The second kappa shape index (κ2) is 2.89. The van der Waals surface area contributed by atoms with Crippen LogP contribution in [0.15, 0.2) is 30.5 Å². The van der Waals surface area contributed by atoms with Gasteiger partial charge in [0.1, 0.15) is 0 Å². The van der Waals surface area contributed by atoms with Crippen LogP contribution in [-0.2, 0) is 7.05 Å². The van der Waals surface area contributed by atoms with Gasteiger partial charge in [0.15, 0.2) is 0 Å². The molecule has 0 radical (unpaired) electrons. The SMILES string of the molecule is Cn1ccc2cc(C3C(N)C3(C)C)ccc21. The lowest BCUT2D eigenvalue weighted by molar-refractivity contribution is 0.599. The van der Waals surface area contributed by atoms with Crippen LogP contribution < -0.4 is 5.73 Å². The van der Waals surface area contributed by atoms with E-state index in [9.17, 15) is 0 Å². The molecule has 1 aliphatic rings. The van der Waals surface area contributed by atoms with Gasteiger partial charge in [-0.05, 0) is 34.6 Å². The lowest BCUT2D eigenvalue weighted by atomic mass is 10.0. The van der Waals surface area contributed by atoms with E-state index < -0.39 is 0 Å². The zero-order valence-corrected chi connectivity index (χ0v) is 10.1. The van der Waals surface area contributed by atoms with Crippen molar-refractivity contribution in [1.82, 2.24) is 4.57 Å². The van der Waals surface area contributed by atoms with E-state index in [1.54, 1.807) is 0 Å². The summed E-state index contributed by atoms with van der Waals surface area (Å²) in [5.74, 6) is 0.525. The molecule has 84 valence electrons. The molecule has 2 nitrogen and oxygen atoms in total. The Morgan fingerprint density at radius 1 is 1.25 bits per heavy atom. The van der Waals surface area contributed by atoms with E-state index in [1.807, 2.05) is 0 Å². The summed E-state index contributed by atoms with van der Waals surface area (Å²) in [7, 11) is 2.08. The molecule has 0 spiro atoms. The molecule has 2 aromatic rings. The molecule has 1 aromatic heterocycles. The molecular formula is C14H18N2. The molecule has 0 aliphatic heterocycles. The fraction of sp³-hybridized carbons (Fsp3) is 0.429. The summed E-state index contributed by atoms with van der Waals surface area (Å²) in [6.07, 6.45) is 2.10. The van der Waals surface area contributed by atoms with Crippen LogP contribution in [0, 0.1) is 5.41 Å². The largest absolute Gasteiger partial charge is 0.351 e. The summed E-state index contributed by atoms with van der Waals surface area (Å²) in [6.45, 7) is 4.50. The highest BCUT2D eigenvalue weighted by atomic mass is 14.9. The lowest BCUT2D eigenvalue weighted by Crippen LogP contribution is -2.06. The van der Waals surface area contributed by atoms with Gasteiger partial charge < -0.3 is 10.3 Å². The van der Waals surface area contributed by atoms with Crippen molar-refractivity contribution >= 4 is 10.9 Å². The maximum Gasteiger partial charge on any atom is 0.0477 e. The van der Waals surface area contributed by atoms with Gasteiger partial charge in [-0.2, -0.15) is 0 Å². The first kappa shape index (κ1) is 9.91. The van der Waals surface area contributed by atoms with Crippen LogP contribution in [0.3, 0.4) is 0 Å². The maximum atomic E-state index is 6.12.